The summed E-state index contributed by atoms with van der Waals surface area (Å²) < 4.78 is 24.2. The minimum Gasteiger partial charge on any atom is -0.488 e. The van der Waals surface area contributed by atoms with Crippen molar-refractivity contribution in [3.05, 3.63) is 65.5 Å². The van der Waals surface area contributed by atoms with Gasteiger partial charge in [0.25, 0.3) is 5.91 Å². The number of likely N-dealkylation sites (tertiary alicyclic amines) is 1. The van der Waals surface area contributed by atoms with Gasteiger partial charge in [0.05, 0.1) is 0 Å². The average Bonchev–Trinajstić information content (AvgIpc) is 3.00. The van der Waals surface area contributed by atoms with Crippen LogP contribution in [-0.4, -0.2) is 36.0 Å². The number of halogens is 1. The standard InChI is InChI=1S/C26H30FNO4/c1-25(2)12-20-13-26(3,16-25)17-28(20)23(29)15-32-24(30)21-6-4-5-7-22(21)31-14-18-8-10-19(27)11-9-18/h4-11,20H,12-17H2,1-3H3. The van der Waals surface area contributed by atoms with Gasteiger partial charge in [-0.25, -0.2) is 9.18 Å². The minimum absolute atomic E-state index is 0.132. The highest BCUT2D eigenvalue weighted by atomic mass is 19.1. The fraction of sp³-hybridized carbons (Fsp3) is 0.462. The molecule has 1 aliphatic carbocycles. The van der Waals surface area contributed by atoms with Crippen LogP contribution in [0.1, 0.15) is 56.0 Å². The lowest BCUT2D eigenvalue weighted by Gasteiger charge is -2.39. The second-order valence-electron chi connectivity index (χ2n) is 10.2. The molecule has 170 valence electrons. The lowest BCUT2D eigenvalue weighted by molar-refractivity contribution is -0.135. The zero-order chi connectivity index (χ0) is 22.9. The number of amides is 1. The van der Waals surface area contributed by atoms with Crippen molar-refractivity contribution in [1.82, 2.24) is 4.90 Å². The number of hydrogen-bond acceptors (Lipinski definition) is 4. The maximum absolute atomic E-state index is 13.1. The first-order valence-corrected chi connectivity index (χ1v) is 11.1. The Labute approximate surface area is 188 Å². The summed E-state index contributed by atoms with van der Waals surface area (Å²) in [4.78, 5) is 27.5. The van der Waals surface area contributed by atoms with Crippen molar-refractivity contribution < 1.29 is 23.5 Å². The number of esters is 1. The van der Waals surface area contributed by atoms with Crippen LogP contribution in [0, 0.1) is 16.6 Å². The topological polar surface area (TPSA) is 55.8 Å². The largest absolute Gasteiger partial charge is 0.488 e. The molecule has 6 heteroatoms. The van der Waals surface area contributed by atoms with E-state index in [2.05, 4.69) is 20.8 Å². The highest BCUT2D eigenvalue weighted by molar-refractivity contribution is 5.94. The Bertz CT molecular complexity index is 1000. The molecule has 2 fully saturated rings. The molecule has 1 amide bonds. The van der Waals surface area contributed by atoms with E-state index in [0.717, 1.165) is 31.4 Å². The van der Waals surface area contributed by atoms with Crippen molar-refractivity contribution >= 4 is 11.9 Å². The van der Waals surface area contributed by atoms with Gasteiger partial charge >= 0.3 is 5.97 Å². The second kappa shape index (κ2) is 8.57. The summed E-state index contributed by atoms with van der Waals surface area (Å²) in [5.74, 6) is -0.696. The van der Waals surface area contributed by atoms with Crippen LogP contribution in [0.25, 0.3) is 0 Å². The summed E-state index contributed by atoms with van der Waals surface area (Å²) in [5.41, 5.74) is 1.38. The number of carbonyl (C=O) groups is 2. The monoisotopic (exact) mass is 439 g/mol. The number of para-hydroxylation sites is 1. The minimum atomic E-state index is -0.596. The van der Waals surface area contributed by atoms with Gasteiger partial charge in [0.15, 0.2) is 6.61 Å². The summed E-state index contributed by atoms with van der Waals surface area (Å²) >= 11 is 0. The van der Waals surface area contributed by atoms with E-state index in [0.29, 0.717) is 5.75 Å². The molecular weight excluding hydrogens is 409 g/mol. The van der Waals surface area contributed by atoms with Crippen molar-refractivity contribution in [2.24, 2.45) is 10.8 Å². The van der Waals surface area contributed by atoms with E-state index in [-0.39, 0.29) is 47.4 Å². The number of ether oxygens (including phenoxy) is 2. The summed E-state index contributed by atoms with van der Waals surface area (Å²) in [5, 5.41) is 0. The van der Waals surface area contributed by atoms with Gasteiger partial charge in [0.2, 0.25) is 0 Å². The van der Waals surface area contributed by atoms with E-state index in [1.807, 2.05) is 4.90 Å². The third kappa shape index (κ3) is 4.95. The highest BCUT2D eigenvalue weighted by Crippen LogP contribution is 2.52. The van der Waals surface area contributed by atoms with Gasteiger partial charge in [-0.15, -0.1) is 0 Å². The number of nitrogens with zero attached hydrogens (tertiary/aromatic N) is 1. The Balaban J connectivity index is 1.36. The molecule has 0 radical (unpaired) electrons. The van der Waals surface area contributed by atoms with Gasteiger partial charge in [0, 0.05) is 12.6 Å². The van der Waals surface area contributed by atoms with E-state index in [9.17, 15) is 14.0 Å². The van der Waals surface area contributed by atoms with Crippen LogP contribution in [0.3, 0.4) is 0 Å². The van der Waals surface area contributed by atoms with E-state index < -0.39 is 5.97 Å². The van der Waals surface area contributed by atoms with Gasteiger partial charge in [-0.05, 0) is 59.9 Å². The smallest absolute Gasteiger partial charge is 0.342 e. The van der Waals surface area contributed by atoms with Gasteiger partial charge in [-0.3, -0.25) is 4.79 Å². The van der Waals surface area contributed by atoms with E-state index in [1.54, 1.807) is 36.4 Å². The predicted octanol–water partition coefficient (Wildman–Crippen LogP) is 4.99. The molecule has 2 bridgehead atoms. The van der Waals surface area contributed by atoms with Crippen molar-refractivity contribution in [2.45, 2.75) is 52.7 Å². The molecule has 0 aromatic heterocycles. The molecule has 1 aliphatic heterocycles. The molecule has 0 N–H and O–H groups in total. The Kier molecular flexibility index (Phi) is 5.97. The van der Waals surface area contributed by atoms with Crippen LogP contribution < -0.4 is 4.74 Å². The summed E-state index contributed by atoms with van der Waals surface area (Å²) in [6.07, 6.45) is 3.08. The first-order valence-electron chi connectivity index (χ1n) is 11.1. The van der Waals surface area contributed by atoms with Crippen LogP contribution in [-0.2, 0) is 16.1 Å². The third-order valence-electron chi connectivity index (χ3n) is 6.48. The molecule has 2 aromatic rings. The van der Waals surface area contributed by atoms with Gasteiger partial charge in [0.1, 0.15) is 23.7 Å². The first-order chi connectivity index (χ1) is 15.1. The molecule has 2 atom stereocenters. The van der Waals surface area contributed by atoms with E-state index in [4.69, 9.17) is 9.47 Å². The first kappa shape index (κ1) is 22.3. The van der Waals surface area contributed by atoms with Crippen molar-refractivity contribution in [3.63, 3.8) is 0 Å². The number of benzene rings is 2. The van der Waals surface area contributed by atoms with Crippen LogP contribution in [0.15, 0.2) is 48.5 Å². The lowest BCUT2D eigenvalue weighted by atomic mass is 9.65. The summed E-state index contributed by atoms with van der Waals surface area (Å²) in [6.45, 7) is 7.39. The molecule has 2 unspecified atom stereocenters. The maximum atomic E-state index is 13.1. The molecule has 1 saturated carbocycles. The highest BCUT2D eigenvalue weighted by Gasteiger charge is 2.50. The van der Waals surface area contributed by atoms with Crippen LogP contribution in [0.4, 0.5) is 4.39 Å². The molecule has 4 rings (SSSR count). The zero-order valence-electron chi connectivity index (χ0n) is 18.9. The third-order valence-corrected chi connectivity index (χ3v) is 6.48. The van der Waals surface area contributed by atoms with Crippen molar-refractivity contribution in [1.29, 1.82) is 0 Å². The molecule has 1 saturated heterocycles. The van der Waals surface area contributed by atoms with Gasteiger partial charge in [-0.2, -0.15) is 0 Å². The molecular formula is C26H30FNO4. The normalized spacial score (nSPS) is 23.6. The number of carbonyl (C=O) groups excluding carboxylic acids is 2. The van der Waals surface area contributed by atoms with Crippen LogP contribution in [0.2, 0.25) is 0 Å². The molecule has 32 heavy (non-hydrogen) atoms. The molecule has 5 nitrogen and oxygen atoms in total. The molecule has 2 aromatic carbocycles. The maximum Gasteiger partial charge on any atom is 0.342 e. The van der Waals surface area contributed by atoms with Gasteiger partial charge < -0.3 is 14.4 Å². The van der Waals surface area contributed by atoms with Gasteiger partial charge in [-0.1, -0.05) is 45.0 Å². The Morgan fingerprint density at radius 2 is 1.78 bits per heavy atom. The zero-order valence-corrected chi connectivity index (χ0v) is 18.9. The molecule has 1 heterocycles. The quantitative estimate of drug-likeness (QED) is 0.595. The summed E-state index contributed by atoms with van der Waals surface area (Å²) in [6, 6.07) is 12.9. The van der Waals surface area contributed by atoms with Crippen molar-refractivity contribution in [3.8, 4) is 5.75 Å². The molecule has 2 aliphatic rings. The van der Waals surface area contributed by atoms with Crippen molar-refractivity contribution in [2.75, 3.05) is 13.2 Å². The number of fused-ring (bicyclic) bond motifs is 2. The predicted molar refractivity (Wildman–Crippen MR) is 119 cm³/mol. The summed E-state index contributed by atoms with van der Waals surface area (Å²) in [7, 11) is 0. The second-order valence-corrected chi connectivity index (χ2v) is 10.2. The van der Waals surface area contributed by atoms with E-state index >= 15 is 0 Å². The number of hydrogen-bond donors (Lipinski definition) is 0. The Morgan fingerprint density at radius 1 is 1.06 bits per heavy atom. The Morgan fingerprint density at radius 3 is 2.53 bits per heavy atom. The average molecular weight is 440 g/mol. The number of rotatable bonds is 6. The SMILES string of the molecule is CC1(C)CC2CC(C)(CN2C(=O)COC(=O)c2ccccc2OCc2ccc(F)cc2)C1. The fourth-order valence-corrected chi connectivity index (χ4v) is 5.54. The molecule has 0 spiro atoms. The van der Waals surface area contributed by atoms with E-state index in [1.165, 1.54) is 12.1 Å². The lowest BCUT2D eigenvalue weighted by Crippen LogP contribution is -2.39. The van der Waals surface area contributed by atoms with Crippen LogP contribution in [0.5, 0.6) is 5.75 Å². The Hall–Kier alpha value is -2.89. The van der Waals surface area contributed by atoms with Crippen LogP contribution >= 0.6 is 0 Å². The fourth-order valence-electron chi connectivity index (χ4n) is 5.54.